The van der Waals surface area contributed by atoms with Crippen molar-refractivity contribution < 1.29 is 19.1 Å². The van der Waals surface area contributed by atoms with Gasteiger partial charge in [-0.25, -0.2) is 0 Å². The molecule has 0 unspecified atom stereocenters. The zero-order valence-electron chi connectivity index (χ0n) is 24.6. The molecule has 0 heterocycles. The first kappa shape index (κ1) is 29.6. The first-order valence-electron chi connectivity index (χ1n) is 14.5. The van der Waals surface area contributed by atoms with E-state index in [0.717, 1.165) is 28.9 Å². The predicted molar refractivity (Wildman–Crippen MR) is 178 cm³/mol. The Morgan fingerprint density at radius 3 is 1.09 bits per heavy atom. The highest BCUT2D eigenvalue weighted by Gasteiger charge is 2.11. The largest absolute Gasteiger partial charge is 0.457 e. The van der Waals surface area contributed by atoms with Crippen molar-refractivity contribution in [3.05, 3.63) is 190 Å². The van der Waals surface area contributed by atoms with Crippen LogP contribution in [0.3, 0.4) is 0 Å². The molecule has 0 bridgehead atoms. The van der Waals surface area contributed by atoms with E-state index in [-0.39, 0.29) is 11.6 Å². The van der Waals surface area contributed by atoms with Gasteiger partial charge in [0.1, 0.15) is 23.0 Å². The molecule has 220 valence electrons. The van der Waals surface area contributed by atoms with Gasteiger partial charge in [-0.15, -0.1) is 0 Å². The van der Waals surface area contributed by atoms with Crippen molar-refractivity contribution in [2.45, 2.75) is 13.3 Å². The van der Waals surface area contributed by atoms with Crippen LogP contribution in [0, 0.1) is 6.92 Å². The SMILES string of the molecule is Cc1ccc(C(=O)c2ccc(Oc3ccc(Cc4ccc(Oc5ccc(C(=O)c6ccc(Cl)cc6)cc5)cc4)cc3)cc2)cc1. The van der Waals surface area contributed by atoms with Gasteiger partial charge in [-0.3, -0.25) is 9.59 Å². The molecule has 0 amide bonds. The summed E-state index contributed by atoms with van der Waals surface area (Å²) in [6, 6.07) is 44.7. The highest BCUT2D eigenvalue weighted by atomic mass is 35.5. The predicted octanol–water partition coefficient (Wildman–Crippen LogP) is 10.3. The number of benzene rings is 6. The molecule has 0 atom stereocenters. The van der Waals surface area contributed by atoms with Crippen molar-refractivity contribution in [2.75, 3.05) is 0 Å². The fourth-order valence-corrected chi connectivity index (χ4v) is 4.97. The summed E-state index contributed by atoms with van der Waals surface area (Å²) >= 11 is 5.93. The number of halogens is 1. The summed E-state index contributed by atoms with van der Waals surface area (Å²) in [5, 5.41) is 0.595. The third-order valence-corrected chi connectivity index (χ3v) is 7.63. The number of carbonyl (C=O) groups is 2. The summed E-state index contributed by atoms with van der Waals surface area (Å²) in [6.07, 6.45) is 0.762. The molecule has 4 nitrogen and oxygen atoms in total. The first-order valence-corrected chi connectivity index (χ1v) is 14.9. The second kappa shape index (κ2) is 13.5. The molecule has 0 saturated carbocycles. The normalized spacial score (nSPS) is 10.7. The van der Waals surface area contributed by atoms with E-state index in [0.29, 0.717) is 44.5 Å². The third kappa shape index (κ3) is 7.56. The summed E-state index contributed by atoms with van der Waals surface area (Å²) in [7, 11) is 0. The van der Waals surface area contributed by atoms with Crippen LogP contribution in [0.2, 0.25) is 5.02 Å². The lowest BCUT2D eigenvalue weighted by molar-refractivity contribution is 0.103. The number of hydrogen-bond donors (Lipinski definition) is 0. The van der Waals surface area contributed by atoms with Gasteiger partial charge in [0.05, 0.1) is 0 Å². The fourth-order valence-electron chi connectivity index (χ4n) is 4.85. The van der Waals surface area contributed by atoms with E-state index in [2.05, 4.69) is 0 Å². The number of aryl methyl sites for hydroxylation is 1. The Labute approximate surface area is 267 Å². The third-order valence-electron chi connectivity index (χ3n) is 7.38. The van der Waals surface area contributed by atoms with Crippen LogP contribution in [-0.2, 0) is 6.42 Å². The van der Waals surface area contributed by atoms with Crippen LogP contribution in [0.15, 0.2) is 146 Å². The highest BCUT2D eigenvalue weighted by Crippen LogP contribution is 2.26. The van der Waals surface area contributed by atoms with Gasteiger partial charge in [-0.05, 0) is 122 Å². The maximum atomic E-state index is 12.7. The molecule has 0 spiro atoms. The number of carbonyl (C=O) groups excluding carboxylic acids is 2. The van der Waals surface area contributed by atoms with Gasteiger partial charge >= 0.3 is 0 Å². The topological polar surface area (TPSA) is 52.6 Å². The summed E-state index contributed by atoms with van der Waals surface area (Å²) < 4.78 is 12.0. The van der Waals surface area contributed by atoms with Gasteiger partial charge in [0.25, 0.3) is 0 Å². The number of ketones is 2. The summed E-state index contributed by atoms with van der Waals surface area (Å²) in [5.41, 5.74) is 5.88. The van der Waals surface area contributed by atoms with Crippen molar-refractivity contribution in [3.63, 3.8) is 0 Å². The van der Waals surface area contributed by atoms with Crippen LogP contribution >= 0.6 is 11.6 Å². The van der Waals surface area contributed by atoms with Crippen LogP contribution in [0.4, 0.5) is 0 Å². The van der Waals surface area contributed by atoms with E-state index in [1.54, 1.807) is 60.7 Å². The summed E-state index contributed by atoms with van der Waals surface area (Å²) in [4.78, 5) is 25.4. The zero-order chi connectivity index (χ0) is 31.2. The molecule has 45 heavy (non-hydrogen) atoms. The van der Waals surface area contributed by atoms with Crippen LogP contribution in [0.5, 0.6) is 23.0 Å². The van der Waals surface area contributed by atoms with Crippen molar-refractivity contribution in [1.82, 2.24) is 0 Å². The van der Waals surface area contributed by atoms with E-state index >= 15 is 0 Å². The maximum absolute atomic E-state index is 12.7. The zero-order valence-corrected chi connectivity index (χ0v) is 25.3. The second-order valence-corrected chi connectivity index (χ2v) is 11.2. The average Bonchev–Trinajstić information content (AvgIpc) is 3.07. The van der Waals surface area contributed by atoms with Gasteiger partial charge in [-0.1, -0.05) is 65.7 Å². The Hall–Kier alpha value is -5.45. The lowest BCUT2D eigenvalue weighted by atomic mass is 10.0. The Kier molecular flexibility index (Phi) is 8.86. The molecular formula is C40H29ClO4. The van der Waals surface area contributed by atoms with Crippen molar-refractivity contribution in [1.29, 1.82) is 0 Å². The quantitative estimate of drug-likeness (QED) is 0.145. The van der Waals surface area contributed by atoms with Crippen LogP contribution in [0.1, 0.15) is 48.5 Å². The molecule has 5 heteroatoms. The lowest BCUT2D eigenvalue weighted by Gasteiger charge is -2.09. The van der Waals surface area contributed by atoms with Gasteiger partial charge < -0.3 is 9.47 Å². The Morgan fingerprint density at radius 1 is 0.444 bits per heavy atom. The molecule has 0 aliphatic heterocycles. The van der Waals surface area contributed by atoms with Crippen LogP contribution in [-0.4, -0.2) is 11.6 Å². The minimum Gasteiger partial charge on any atom is -0.457 e. The molecule has 6 aromatic rings. The van der Waals surface area contributed by atoms with E-state index in [1.807, 2.05) is 91.9 Å². The molecule has 0 aromatic heterocycles. The van der Waals surface area contributed by atoms with Gasteiger partial charge in [0.2, 0.25) is 0 Å². The van der Waals surface area contributed by atoms with E-state index in [9.17, 15) is 9.59 Å². The van der Waals surface area contributed by atoms with E-state index in [4.69, 9.17) is 21.1 Å². The molecular weight excluding hydrogens is 580 g/mol. The van der Waals surface area contributed by atoms with Gasteiger partial charge in [0, 0.05) is 27.3 Å². The van der Waals surface area contributed by atoms with Gasteiger partial charge in [0.15, 0.2) is 11.6 Å². The molecule has 0 radical (unpaired) electrons. The van der Waals surface area contributed by atoms with Crippen molar-refractivity contribution >= 4 is 23.2 Å². The number of ether oxygens (including phenoxy) is 2. The molecule has 6 aromatic carbocycles. The van der Waals surface area contributed by atoms with Crippen LogP contribution in [0.25, 0.3) is 0 Å². The van der Waals surface area contributed by atoms with Crippen LogP contribution < -0.4 is 9.47 Å². The smallest absolute Gasteiger partial charge is 0.193 e. The molecule has 0 aliphatic carbocycles. The standard InChI is InChI=1S/C40H29ClO4/c1-27-2-8-30(9-3-27)39(42)32-12-22-37(23-13-32)44-35-18-4-28(5-19-35)26-29-6-20-36(21-7-29)45-38-24-14-33(15-25-38)40(43)31-10-16-34(41)17-11-31/h2-25H,26H2,1H3. The van der Waals surface area contributed by atoms with Gasteiger partial charge in [-0.2, -0.15) is 0 Å². The minimum absolute atomic E-state index is 0.0111. The summed E-state index contributed by atoms with van der Waals surface area (Å²) in [6.45, 7) is 2.00. The molecule has 0 fully saturated rings. The van der Waals surface area contributed by atoms with Crippen molar-refractivity contribution in [2.24, 2.45) is 0 Å². The highest BCUT2D eigenvalue weighted by molar-refractivity contribution is 6.30. The number of hydrogen-bond acceptors (Lipinski definition) is 4. The second-order valence-electron chi connectivity index (χ2n) is 10.7. The minimum atomic E-state index is -0.0666. The average molecular weight is 609 g/mol. The Morgan fingerprint density at radius 2 is 0.733 bits per heavy atom. The Bertz CT molecular complexity index is 1760. The maximum Gasteiger partial charge on any atom is 0.193 e. The Balaban J connectivity index is 1.01. The first-order chi connectivity index (χ1) is 21.9. The molecule has 6 rings (SSSR count). The summed E-state index contributed by atoms with van der Waals surface area (Å²) in [5.74, 6) is 2.68. The lowest BCUT2D eigenvalue weighted by Crippen LogP contribution is -2.00. The monoisotopic (exact) mass is 608 g/mol. The van der Waals surface area contributed by atoms with Crippen molar-refractivity contribution in [3.8, 4) is 23.0 Å². The van der Waals surface area contributed by atoms with E-state index in [1.165, 1.54) is 0 Å². The number of rotatable bonds is 10. The van der Waals surface area contributed by atoms with E-state index < -0.39 is 0 Å². The molecule has 0 saturated heterocycles. The fraction of sp³-hybridized carbons (Fsp3) is 0.0500. The molecule has 0 aliphatic rings. The molecule has 0 N–H and O–H groups in total.